The third-order valence-electron chi connectivity index (χ3n) is 1.13. The molecule has 0 heterocycles. The number of aromatic carboxylic acids is 1. The summed E-state index contributed by atoms with van der Waals surface area (Å²) in [6.07, 6.45) is 0. The van der Waals surface area contributed by atoms with Crippen LogP contribution in [-0.2, 0) is 27.5 Å². The van der Waals surface area contributed by atoms with Crippen molar-refractivity contribution < 1.29 is 49.6 Å². The first-order valence-electron chi connectivity index (χ1n) is 3.40. The van der Waals surface area contributed by atoms with Gasteiger partial charge in [0.15, 0.2) is 0 Å². The number of phenols is 1. The van der Waals surface area contributed by atoms with Gasteiger partial charge >= 0.3 is 23.0 Å². The van der Waals surface area contributed by atoms with Crippen molar-refractivity contribution in [3.63, 3.8) is 0 Å². The van der Waals surface area contributed by atoms with Crippen LogP contribution >= 0.6 is 0 Å². The average molecular weight is 290 g/mol. The van der Waals surface area contributed by atoms with Gasteiger partial charge in [0, 0.05) is 10.4 Å². The van der Waals surface area contributed by atoms with Crippen molar-refractivity contribution in [2.45, 2.75) is 0 Å². The van der Waals surface area contributed by atoms with Crippen LogP contribution in [0.25, 0.3) is 0 Å². The molecule has 0 saturated carbocycles. The number of carboxylic acids is 1. The molecule has 0 aromatic heterocycles. The topological polar surface area (TPSA) is 138 Å². The molecule has 0 aliphatic heterocycles. The van der Waals surface area contributed by atoms with E-state index in [4.69, 9.17) is 27.7 Å². The Morgan fingerprint density at radius 3 is 1.81 bits per heavy atom. The van der Waals surface area contributed by atoms with E-state index in [-0.39, 0.29) is 28.4 Å². The number of carboxylic acid groups (broad SMARTS) is 1. The van der Waals surface area contributed by atoms with Crippen molar-refractivity contribution in [2.24, 2.45) is 0 Å². The summed E-state index contributed by atoms with van der Waals surface area (Å²) < 4.78 is 34.1. The number of benzene rings is 1. The quantitative estimate of drug-likeness (QED) is 0.413. The fourth-order valence-corrected chi connectivity index (χ4v) is 0.654. The number of rotatable bonds is 1. The van der Waals surface area contributed by atoms with Crippen LogP contribution in [0.2, 0.25) is 0 Å². The summed E-state index contributed by atoms with van der Waals surface area (Å²) in [5.74, 6) is -1.31. The van der Waals surface area contributed by atoms with E-state index in [1.54, 1.807) is 12.1 Å². The van der Waals surface area contributed by atoms with Gasteiger partial charge in [0.25, 0.3) is 0 Å². The van der Waals surface area contributed by atoms with Gasteiger partial charge in [-0.1, -0.05) is 12.1 Å². The van der Waals surface area contributed by atoms with E-state index in [9.17, 15) is 4.79 Å². The summed E-state index contributed by atoms with van der Waals surface area (Å²) in [4.78, 5) is 10.3. The van der Waals surface area contributed by atoms with Crippen molar-refractivity contribution in [1.29, 1.82) is 0 Å². The molecule has 0 radical (unpaired) electrons. The van der Waals surface area contributed by atoms with Crippen molar-refractivity contribution in [3.05, 3.63) is 29.8 Å². The monoisotopic (exact) mass is 290 g/mol. The van der Waals surface area contributed by atoms with Crippen LogP contribution in [0.4, 0.5) is 0 Å². The van der Waals surface area contributed by atoms with Gasteiger partial charge in [-0.15, -0.1) is 0 Å². The van der Waals surface area contributed by atoms with Crippen LogP contribution in [0.3, 0.4) is 0 Å². The van der Waals surface area contributed by atoms with Gasteiger partial charge in [0.1, 0.15) is 11.3 Å². The zero-order chi connectivity index (χ0) is 12.1. The number of hydrogen-bond acceptors (Lipinski definition) is 6. The first-order chi connectivity index (χ1) is 6.72. The van der Waals surface area contributed by atoms with Crippen LogP contribution in [0.1, 0.15) is 10.4 Å². The van der Waals surface area contributed by atoms with Gasteiger partial charge in [-0.25, -0.2) is 4.79 Å². The molecule has 0 aliphatic carbocycles. The Bertz CT molecular complexity index is 434. The molecule has 16 heavy (non-hydrogen) atoms. The van der Waals surface area contributed by atoms with E-state index in [1.165, 1.54) is 12.1 Å². The molecule has 9 heteroatoms. The molecule has 0 aliphatic rings. The Morgan fingerprint density at radius 2 is 1.56 bits per heavy atom. The second-order valence-corrected chi connectivity index (χ2v) is 3.05. The molecule has 0 spiro atoms. The molecular formula is C7H6FeO7S. The SMILES string of the molecule is O=C(O)c1ccccc1O.O=S(=O)([O-])[O-].[Fe+2]. The van der Waals surface area contributed by atoms with E-state index < -0.39 is 16.4 Å². The number of hydrogen-bond donors (Lipinski definition) is 2. The van der Waals surface area contributed by atoms with Crippen molar-refractivity contribution in [2.75, 3.05) is 0 Å². The van der Waals surface area contributed by atoms with Gasteiger partial charge in [0.2, 0.25) is 0 Å². The summed E-state index contributed by atoms with van der Waals surface area (Å²) in [6.45, 7) is 0. The summed E-state index contributed by atoms with van der Waals surface area (Å²) in [7, 11) is -5.17. The fourth-order valence-electron chi connectivity index (χ4n) is 0.654. The van der Waals surface area contributed by atoms with Crippen molar-refractivity contribution >= 4 is 16.4 Å². The zero-order valence-corrected chi connectivity index (χ0v) is 9.43. The van der Waals surface area contributed by atoms with Crippen LogP contribution < -0.4 is 0 Å². The molecule has 90 valence electrons. The average Bonchev–Trinajstić information content (AvgIpc) is 2.01. The smallest absolute Gasteiger partial charge is 0.759 e. The molecule has 1 rings (SSSR count). The molecule has 0 amide bonds. The van der Waals surface area contributed by atoms with E-state index >= 15 is 0 Å². The van der Waals surface area contributed by atoms with Crippen LogP contribution in [-0.4, -0.2) is 33.7 Å². The Kier molecular flexibility index (Phi) is 7.78. The Labute approximate surface area is 102 Å². The van der Waals surface area contributed by atoms with Crippen LogP contribution in [0.15, 0.2) is 24.3 Å². The summed E-state index contributed by atoms with van der Waals surface area (Å²) in [6, 6.07) is 5.81. The largest absolute Gasteiger partial charge is 2.00 e. The third kappa shape index (κ3) is 9.44. The number of aromatic hydroxyl groups is 1. The van der Waals surface area contributed by atoms with Crippen LogP contribution in [0.5, 0.6) is 5.75 Å². The molecule has 2 N–H and O–H groups in total. The molecule has 0 fully saturated rings. The molecule has 7 nitrogen and oxygen atoms in total. The van der Waals surface area contributed by atoms with E-state index in [0.29, 0.717) is 0 Å². The van der Waals surface area contributed by atoms with Gasteiger partial charge in [-0.2, -0.15) is 0 Å². The Hall–Kier alpha value is -1.12. The minimum atomic E-state index is -5.17. The minimum absolute atomic E-state index is 0. The van der Waals surface area contributed by atoms with E-state index in [0.717, 1.165) is 0 Å². The van der Waals surface area contributed by atoms with Crippen molar-refractivity contribution in [3.8, 4) is 5.75 Å². The summed E-state index contributed by atoms with van der Waals surface area (Å²) in [5.41, 5.74) is -0.0671. The maximum atomic E-state index is 10.3. The van der Waals surface area contributed by atoms with Gasteiger partial charge in [0.05, 0.1) is 0 Å². The predicted octanol–water partition coefficient (Wildman–Crippen LogP) is -0.250. The maximum Gasteiger partial charge on any atom is 2.00 e. The van der Waals surface area contributed by atoms with Crippen molar-refractivity contribution in [1.82, 2.24) is 0 Å². The van der Waals surface area contributed by atoms with Gasteiger partial charge in [-0.05, 0) is 12.1 Å². The Balaban J connectivity index is 0. The molecule has 0 saturated heterocycles. The number of carbonyl (C=O) groups is 1. The maximum absolute atomic E-state index is 10.3. The molecule has 1 aromatic carbocycles. The summed E-state index contributed by atoms with van der Waals surface area (Å²) in [5, 5.41) is 17.3. The van der Waals surface area contributed by atoms with Gasteiger partial charge in [-0.3, -0.25) is 8.42 Å². The standard InChI is InChI=1S/C7H6O3.Fe.H2O4S/c8-6-4-2-1-3-5(6)7(9)10;;1-5(2,3)4/h1-4,8H,(H,9,10);;(H2,1,2,3,4)/q;+2;/p-2. The minimum Gasteiger partial charge on any atom is -0.759 e. The van der Waals surface area contributed by atoms with E-state index in [1.807, 2.05) is 0 Å². The molecular weight excluding hydrogens is 284 g/mol. The van der Waals surface area contributed by atoms with Crippen LogP contribution in [0, 0.1) is 0 Å². The third-order valence-corrected chi connectivity index (χ3v) is 1.13. The molecule has 0 bridgehead atoms. The fraction of sp³-hybridized carbons (Fsp3) is 0. The Morgan fingerprint density at radius 1 is 1.19 bits per heavy atom. The molecule has 1 aromatic rings. The predicted molar refractivity (Wildman–Crippen MR) is 45.5 cm³/mol. The number of para-hydroxylation sites is 1. The molecule has 0 atom stereocenters. The normalized spacial score (nSPS) is 9.38. The summed E-state index contributed by atoms with van der Waals surface area (Å²) >= 11 is 0. The van der Waals surface area contributed by atoms with Gasteiger partial charge < -0.3 is 19.3 Å². The first-order valence-corrected chi connectivity index (χ1v) is 4.73. The van der Waals surface area contributed by atoms with E-state index in [2.05, 4.69) is 0 Å². The second kappa shape index (κ2) is 7.20. The zero-order valence-electron chi connectivity index (χ0n) is 7.51. The molecule has 0 unspecified atom stereocenters. The second-order valence-electron chi connectivity index (χ2n) is 2.23. The first kappa shape index (κ1) is 17.3.